The quantitative estimate of drug-likeness (QED) is 0.639. The van der Waals surface area contributed by atoms with Crippen molar-refractivity contribution in [3.63, 3.8) is 0 Å². The van der Waals surface area contributed by atoms with Crippen LogP contribution in [0.5, 0.6) is 0 Å². The summed E-state index contributed by atoms with van der Waals surface area (Å²) >= 11 is 0. The summed E-state index contributed by atoms with van der Waals surface area (Å²) in [5.41, 5.74) is 5.86. The van der Waals surface area contributed by atoms with Crippen LogP contribution in [0.3, 0.4) is 0 Å². The maximum Gasteiger partial charge on any atom is 0.0423 e. The van der Waals surface area contributed by atoms with Crippen LogP contribution in [0, 0.1) is 5.92 Å². The van der Waals surface area contributed by atoms with E-state index in [0.717, 1.165) is 0 Å². The summed E-state index contributed by atoms with van der Waals surface area (Å²) in [5, 5.41) is 4.28. The molecule has 1 fully saturated rings. The Bertz CT molecular complexity index is 241. The number of nitrogens with one attached hydrogen (secondary N) is 1. The van der Waals surface area contributed by atoms with Crippen molar-refractivity contribution in [2.24, 2.45) is 11.0 Å². The van der Waals surface area contributed by atoms with Gasteiger partial charge in [0.15, 0.2) is 0 Å². The molecule has 1 unspecified atom stereocenters. The summed E-state index contributed by atoms with van der Waals surface area (Å²) in [4.78, 5) is 0. The summed E-state index contributed by atoms with van der Waals surface area (Å²) in [7, 11) is 0. The van der Waals surface area contributed by atoms with E-state index >= 15 is 0 Å². The zero-order valence-corrected chi connectivity index (χ0v) is 12.3. The van der Waals surface area contributed by atoms with E-state index in [1.54, 1.807) is 5.57 Å². The summed E-state index contributed by atoms with van der Waals surface area (Å²) in [6.45, 7) is 10.1. The highest BCUT2D eigenvalue weighted by Crippen LogP contribution is 2.29. The molecule has 1 aliphatic carbocycles. The van der Waals surface area contributed by atoms with Gasteiger partial charge in [-0.25, -0.2) is 0 Å². The molecule has 0 bridgehead atoms. The third-order valence-corrected chi connectivity index (χ3v) is 3.15. The number of hydrogen-bond acceptors (Lipinski definition) is 2. The summed E-state index contributed by atoms with van der Waals surface area (Å²) in [6, 6.07) is 0. The van der Waals surface area contributed by atoms with Gasteiger partial charge in [0.25, 0.3) is 0 Å². The minimum Gasteiger partial charge on any atom is -0.286 e. The van der Waals surface area contributed by atoms with Crippen LogP contribution in [0.4, 0.5) is 0 Å². The van der Waals surface area contributed by atoms with E-state index in [4.69, 9.17) is 0 Å². The van der Waals surface area contributed by atoms with E-state index in [0.29, 0.717) is 5.92 Å². The molecule has 0 amide bonds. The molecule has 2 heteroatoms. The molecule has 1 aliphatic heterocycles. The largest absolute Gasteiger partial charge is 0.286 e. The number of hydrazone groups is 1. The standard InChI is InChI=1S/C11H18N2.2C2H6/c1-9-11-7-5-3-2-4-6-10(11)8-12-13-9;2*1-2/h8,11-12H,2-7H2,1H3;2*1-2H3. The second-order valence-electron chi connectivity index (χ2n) is 4.11. The van der Waals surface area contributed by atoms with Gasteiger partial charge >= 0.3 is 0 Å². The smallest absolute Gasteiger partial charge is 0.0423 e. The average molecular weight is 238 g/mol. The number of allylic oxidation sites excluding steroid dienone is 1. The SMILES string of the molecule is CC.CC.CC1=NNC=C2CCCCCCC21. The van der Waals surface area contributed by atoms with Gasteiger partial charge in [-0.15, -0.1) is 0 Å². The Balaban J connectivity index is 0.000000581. The lowest BCUT2D eigenvalue weighted by Gasteiger charge is -2.25. The average Bonchev–Trinajstić information content (AvgIpc) is 2.36. The first-order valence-corrected chi connectivity index (χ1v) is 7.36. The predicted octanol–water partition coefficient (Wildman–Crippen LogP) is 4.87. The zero-order chi connectivity index (χ0) is 13.1. The number of rotatable bonds is 0. The molecule has 2 rings (SSSR count). The number of fused-ring (bicyclic) bond motifs is 1. The molecule has 1 heterocycles. The highest BCUT2D eigenvalue weighted by molar-refractivity contribution is 5.87. The van der Waals surface area contributed by atoms with Gasteiger partial charge in [-0.1, -0.05) is 47.0 Å². The van der Waals surface area contributed by atoms with Crippen LogP contribution >= 0.6 is 0 Å². The van der Waals surface area contributed by atoms with Crippen LogP contribution in [-0.2, 0) is 0 Å². The van der Waals surface area contributed by atoms with Gasteiger partial charge in [0.05, 0.1) is 0 Å². The van der Waals surface area contributed by atoms with Crippen molar-refractivity contribution in [1.29, 1.82) is 0 Å². The van der Waals surface area contributed by atoms with Gasteiger partial charge in [0, 0.05) is 17.8 Å². The van der Waals surface area contributed by atoms with Crippen molar-refractivity contribution < 1.29 is 0 Å². The van der Waals surface area contributed by atoms with Crippen LogP contribution < -0.4 is 5.43 Å². The first-order valence-electron chi connectivity index (χ1n) is 7.36. The molecular weight excluding hydrogens is 208 g/mol. The van der Waals surface area contributed by atoms with Gasteiger partial charge in [0.1, 0.15) is 0 Å². The highest BCUT2D eigenvalue weighted by atomic mass is 15.3. The third kappa shape index (κ3) is 5.38. The Kier molecular flexibility index (Phi) is 9.89. The van der Waals surface area contributed by atoms with E-state index in [9.17, 15) is 0 Å². The van der Waals surface area contributed by atoms with Crippen molar-refractivity contribution in [3.05, 3.63) is 11.8 Å². The van der Waals surface area contributed by atoms with Crippen LogP contribution in [-0.4, -0.2) is 5.71 Å². The first kappa shape index (κ1) is 16.2. The normalized spacial score (nSPS) is 22.8. The van der Waals surface area contributed by atoms with Crippen LogP contribution in [0.2, 0.25) is 0 Å². The number of hydrogen-bond donors (Lipinski definition) is 1. The molecule has 0 spiro atoms. The molecule has 1 N–H and O–H groups in total. The van der Waals surface area contributed by atoms with Gasteiger partial charge in [-0.3, -0.25) is 5.43 Å². The molecule has 1 saturated carbocycles. The Morgan fingerprint density at radius 3 is 2.41 bits per heavy atom. The first-order chi connectivity index (χ1) is 8.38. The number of nitrogens with zero attached hydrogens (tertiary/aromatic N) is 1. The second-order valence-corrected chi connectivity index (χ2v) is 4.11. The second kappa shape index (κ2) is 10.4. The monoisotopic (exact) mass is 238 g/mol. The maximum absolute atomic E-state index is 4.28. The van der Waals surface area contributed by atoms with Crippen molar-refractivity contribution in [2.45, 2.75) is 73.1 Å². The van der Waals surface area contributed by atoms with E-state index in [1.165, 1.54) is 44.2 Å². The molecule has 0 aromatic carbocycles. The van der Waals surface area contributed by atoms with E-state index in [-0.39, 0.29) is 0 Å². The maximum atomic E-state index is 4.28. The molecule has 0 radical (unpaired) electrons. The lowest BCUT2D eigenvalue weighted by atomic mass is 9.84. The van der Waals surface area contributed by atoms with E-state index in [1.807, 2.05) is 27.7 Å². The van der Waals surface area contributed by atoms with Gasteiger partial charge in [-0.2, -0.15) is 5.10 Å². The van der Waals surface area contributed by atoms with Crippen LogP contribution in [0.25, 0.3) is 0 Å². The molecule has 0 saturated heterocycles. The van der Waals surface area contributed by atoms with Crippen molar-refractivity contribution in [2.75, 3.05) is 0 Å². The lowest BCUT2D eigenvalue weighted by Crippen LogP contribution is -2.23. The summed E-state index contributed by atoms with van der Waals surface area (Å²) < 4.78 is 0. The molecule has 100 valence electrons. The highest BCUT2D eigenvalue weighted by Gasteiger charge is 2.21. The fourth-order valence-electron chi connectivity index (χ4n) is 2.34. The van der Waals surface area contributed by atoms with Gasteiger partial charge in [-0.05, 0) is 31.8 Å². The molecule has 0 aromatic rings. The predicted molar refractivity (Wildman–Crippen MR) is 78.2 cm³/mol. The van der Waals surface area contributed by atoms with E-state index < -0.39 is 0 Å². The molecule has 2 aliphatic rings. The minimum absolute atomic E-state index is 0.654. The van der Waals surface area contributed by atoms with Gasteiger partial charge < -0.3 is 0 Å². The lowest BCUT2D eigenvalue weighted by molar-refractivity contribution is 0.517. The van der Waals surface area contributed by atoms with E-state index in [2.05, 4.69) is 23.7 Å². The molecule has 0 aromatic heterocycles. The fraction of sp³-hybridized carbons (Fsp3) is 0.800. The summed E-state index contributed by atoms with van der Waals surface area (Å²) in [5.74, 6) is 0.654. The Morgan fingerprint density at radius 2 is 1.71 bits per heavy atom. The Morgan fingerprint density at radius 1 is 1.06 bits per heavy atom. The van der Waals surface area contributed by atoms with Crippen LogP contribution in [0.1, 0.15) is 73.1 Å². The Hall–Kier alpha value is -0.790. The van der Waals surface area contributed by atoms with Crippen molar-refractivity contribution >= 4 is 5.71 Å². The van der Waals surface area contributed by atoms with Crippen molar-refractivity contribution in [3.8, 4) is 0 Å². The minimum atomic E-state index is 0.654. The van der Waals surface area contributed by atoms with Gasteiger partial charge in [0.2, 0.25) is 0 Å². The van der Waals surface area contributed by atoms with Crippen LogP contribution in [0.15, 0.2) is 16.9 Å². The summed E-state index contributed by atoms with van der Waals surface area (Å²) in [6.07, 6.45) is 10.2. The van der Waals surface area contributed by atoms with Crippen molar-refractivity contribution in [1.82, 2.24) is 5.43 Å². The molecular formula is C15H30N2. The fourth-order valence-corrected chi connectivity index (χ4v) is 2.34. The molecule has 2 nitrogen and oxygen atoms in total. The third-order valence-electron chi connectivity index (χ3n) is 3.15. The molecule has 17 heavy (non-hydrogen) atoms. The zero-order valence-electron chi connectivity index (χ0n) is 12.3. The Labute approximate surface area is 108 Å². The topological polar surface area (TPSA) is 24.4 Å². The molecule has 1 atom stereocenters.